The highest BCUT2D eigenvalue weighted by molar-refractivity contribution is 7.96. The Bertz CT molecular complexity index is 540. The van der Waals surface area contributed by atoms with Crippen LogP contribution in [0.3, 0.4) is 0 Å². The zero-order chi connectivity index (χ0) is 19.4. The third-order valence-electron chi connectivity index (χ3n) is 3.87. The fraction of sp³-hybridized carbons (Fsp3) is 0.579. The molecule has 1 aromatic rings. The molecule has 0 saturated heterocycles. The quantitative estimate of drug-likeness (QED) is 0.326. The van der Waals surface area contributed by atoms with Gasteiger partial charge >= 0.3 is 0 Å². The Morgan fingerprint density at radius 3 is 2.27 bits per heavy atom. The molecule has 1 rings (SSSR count). The second kappa shape index (κ2) is 12.7. The Morgan fingerprint density at radius 1 is 1.04 bits per heavy atom. The van der Waals surface area contributed by atoms with Gasteiger partial charge in [0.05, 0.1) is 6.04 Å². The van der Waals surface area contributed by atoms with E-state index in [1.165, 1.54) is 11.9 Å². The van der Waals surface area contributed by atoms with Crippen molar-refractivity contribution in [3.63, 3.8) is 0 Å². The van der Waals surface area contributed by atoms with Crippen molar-refractivity contribution in [2.75, 3.05) is 12.8 Å². The summed E-state index contributed by atoms with van der Waals surface area (Å²) >= 11 is 1.40. The van der Waals surface area contributed by atoms with Crippen LogP contribution in [0.1, 0.15) is 38.7 Å². The lowest BCUT2D eigenvalue weighted by molar-refractivity contribution is -0.130. The number of unbranched alkanes of at least 4 members (excludes halogenated alkanes) is 1. The van der Waals surface area contributed by atoms with E-state index in [0.29, 0.717) is 19.4 Å². The highest BCUT2D eigenvalue weighted by atomic mass is 32.2. The van der Waals surface area contributed by atoms with Gasteiger partial charge in [0, 0.05) is 12.5 Å². The van der Waals surface area contributed by atoms with Crippen LogP contribution in [0, 0.1) is 0 Å². The molecule has 0 radical (unpaired) electrons. The van der Waals surface area contributed by atoms with Gasteiger partial charge in [-0.25, -0.2) is 0 Å². The molecule has 0 saturated carbocycles. The maximum Gasteiger partial charge on any atom is 0.243 e. The lowest BCUT2D eigenvalue weighted by atomic mass is 10.0. The maximum absolute atomic E-state index is 12.7. The van der Waals surface area contributed by atoms with Crippen LogP contribution >= 0.6 is 11.9 Å². The van der Waals surface area contributed by atoms with Gasteiger partial charge in [0.25, 0.3) is 0 Å². The molecule has 6 nitrogen and oxygen atoms in total. The van der Waals surface area contributed by atoms with E-state index < -0.39 is 6.04 Å². The summed E-state index contributed by atoms with van der Waals surface area (Å²) in [5.41, 5.74) is 6.55. The minimum Gasteiger partial charge on any atom is -0.352 e. The van der Waals surface area contributed by atoms with Crippen molar-refractivity contribution < 1.29 is 9.59 Å². The minimum absolute atomic E-state index is 0.0161. The van der Waals surface area contributed by atoms with E-state index in [-0.39, 0.29) is 23.9 Å². The summed E-state index contributed by atoms with van der Waals surface area (Å²) < 4.78 is 3.12. The van der Waals surface area contributed by atoms with Crippen LogP contribution in [0.2, 0.25) is 0 Å². The third kappa shape index (κ3) is 8.69. The number of hydrogen-bond acceptors (Lipinski definition) is 5. The van der Waals surface area contributed by atoms with Gasteiger partial charge in [0.2, 0.25) is 11.8 Å². The van der Waals surface area contributed by atoms with Crippen LogP contribution in [0.15, 0.2) is 30.3 Å². The molecule has 2 atom stereocenters. The van der Waals surface area contributed by atoms with Crippen molar-refractivity contribution in [3.8, 4) is 0 Å². The molecule has 0 bridgehead atoms. The molecular formula is C19H32N4O2S. The Balaban J connectivity index is 2.80. The maximum atomic E-state index is 12.7. The number of benzene rings is 1. The average molecular weight is 381 g/mol. The van der Waals surface area contributed by atoms with Crippen molar-refractivity contribution in [2.24, 2.45) is 5.73 Å². The van der Waals surface area contributed by atoms with E-state index in [4.69, 9.17) is 5.73 Å². The SMILES string of the molecule is CSNC(CCCCN)C(=O)NC(Cc1ccccc1)C(=O)NC(C)C. The molecule has 0 heterocycles. The van der Waals surface area contributed by atoms with Gasteiger partial charge < -0.3 is 16.4 Å². The summed E-state index contributed by atoms with van der Waals surface area (Å²) in [6, 6.07) is 8.78. The average Bonchev–Trinajstić information content (AvgIpc) is 2.60. The molecule has 0 spiro atoms. The van der Waals surface area contributed by atoms with E-state index in [1.807, 2.05) is 50.4 Å². The van der Waals surface area contributed by atoms with Crippen molar-refractivity contribution in [2.45, 2.75) is 57.7 Å². The third-order valence-corrected chi connectivity index (χ3v) is 4.39. The monoisotopic (exact) mass is 380 g/mol. The molecule has 2 unspecified atom stereocenters. The first kappa shape index (κ1) is 22.5. The first-order chi connectivity index (χ1) is 12.5. The van der Waals surface area contributed by atoms with Gasteiger partial charge in [-0.05, 0) is 45.1 Å². The zero-order valence-corrected chi connectivity index (χ0v) is 16.8. The molecule has 0 aromatic heterocycles. The molecule has 5 N–H and O–H groups in total. The zero-order valence-electron chi connectivity index (χ0n) is 16.0. The fourth-order valence-corrected chi connectivity index (χ4v) is 3.10. The molecule has 0 aliphatic rings. The summed E-state index contributed by atoms with van der Waals surface area (Å²) in [4.78, 5) is 25.3. The fourth-order valence-electron chi connectivity index (χ4n) is 2.60. The van der Waals surface area contributed by atoms with Crippen LogP contribution in [0.25, 0.3) is 0 Å². The molecule has 146 valence electrons. The van der Waals surface area contributed by atoms with Crippen LogP contribution < -0.4 is 21.1 Å². The topological polar surface area (TPSA) is 96.2 Å². The van der Waals surface area contributed by atoms with Crippen molar-refractivity contribution in [3.05, 3.63) is 35.9 Å². The van der Waals surface area contributed by atoms with Gasteiger partial charge in [-0.1, -0.05) is 48.7 Å². The number of carbonyl (C=O) groups is 2. The molecule has 0 aliphatic carbocycles. The van der Waals surface area contributed by atoms with Crippen LogP contribution in [-0.2, 0) is 16.0 Å². The Morgan fingerprint density at radius 2 is 1.69 bits per heavy atom. The van der Waals surface area contributed by atoms with Crippen LogP contribution in [-0.4, -0.2) is 42.7 Å². The van der Waals surface area contributed by atoms with E-state index in [1.54, 1.807) is 0 Å². The molecule has 2 amide bonds. The number of nitrogens with two attached hydrogens (primary N) is 1. The predicted molar refractivity (Wildman–Crippen MR) is 109 cm³/mol. The lowest BCUT2D eigenvalue weighted by Gasteiger charge is -2.23. The highest BCUT2D eigenvalue weighted by Crippen LogP contribution is 2.07. The van der Waals surface area contributed by atoms with Crippen molar-refractivity contribution >= 4 is 23.8 Å². The number of hydrogen-bond donors (Lipinski definition) is 4. The first-order valence-electron chi connectivity index (χ1n) is 9.11. The lowest BCUT2D eigenvalue weighted by Crippen LogP contribution is -2.53. The largest absolute Gasteiger partial charge is 0.352 e. The van der Waals surface area contributed by atoms with Crippen LogP contribution in [0.4, 0.5) is 0 Å². The van der Waals surface area contributed by atoms with E-state index in [2.05, 4.69) is 15.4 Å². The van der Waals surface area contributed by atoms with Gasteiger partial charge in [0.15, 0.2) is 0 Å². The van der Waals surface area contributed by atoms with Crippen molar-refractivity contribution in [1.82, 2.24) is 15.4 Å². The summed E-state index contributed by atoms with van der Waals surface area (Å²) in [6.45, 7) is 4.43. The predicted octanol–water partition coefficient (Wildman–Crippen LogP) is 1.60. The molecule has 1 aromatic carbocycles. The van der Waals surface area contributed by atoms with Crippen molar-refractivity contribution in [1.29, 1.82) is 0 Å². The Kier molecular flexibility index (Phi) is 11.0. The molecular weight excluding hydrogens is 348 g/mol. The summed E-state index contributed by atoms with van der Waals surface area (Å²) in [5, 5.41) is 5.82. The first-order valence-corrected chi connectivity index (χ1v) is 10.3. The molecule has 0 aliphatic heterocycles. The minimum atomic E-state index is -0.604. The smallest absolute Gasteiger partial charge is 0.243 e. The van der Waals surface area contributed by atoms with E-state index >= 15 is 0 Å². The number of rotatable bonds is 12. The highest BCUT2D eigenvalue weighted by Gasteiger charge is 2.25. The second-order valence-corrected chi connectivity index (χ2v) is 7.22. The number of carbonyl (C=O) groups excluding carboxylic acids is 2. The van der Waals surface area contributed by atoms with Gasteiger partial charge in [-0.2, -0.15) is 0 Å². The number of amides is 2. The Labute approximate surface area is 161 Å². The van der Waals surface area contributed by atoms with E-state index in [0.717, 1.165) is 18.4 Å². The van der Waals surface area contributed by atoms with Gasteiger partial charge in [-0.15, -0.1) is 0 Å². The number of nitrogens with one attached hydrogen (secondary N) is 3. The van der Waals surface area contributed by atoms with Gasteiger partial charge in [0.1, 0.15) is 6.04 Å². The summed E-state index contributed by atoms with van der Waals surface area (Å²) in [6.07, 6.45) is 4.77. The normalized spacial score (nSPS) is 13.3. The molecule has 7 heteroatoms. The van der Waals surface area contributed by atoms with Gasteiger partial charge in [-0.3, -0.25) is 14.3 Å². The standard InChI is InChI=1S/C19H32N4O2S/c1-14(2)21-19(25)17(13-15-9-5-4-6-10-15)22-18(24)16(23-26-3)11-7-8-12-20/h4-6,9-10,14,16-17,23H,7-8,11-13,20H2,1-3H3,(H,21,25)(H,22,24). The second-order valence-electron chi connectivity index (χ2n) is 6.57. The summed E-state index contributed by atoms with van der Waals surface area (Å²) in [7, 11) is 0. The molecule has 26 heavy (non-hydrogen) atoms. The van der Waals surface area contributed by atoms with E-state index in [9.17, 15) is 9.59 Å². The molecule has 0 fully saturated rings. The Hall–Kier alpha value is -1.57. The summed E-state index contributed by atoms with van der Waals surface area (Å²) in [5.74, 6) is -0.321. The van der Waals surface area contributed by atoms with Crippen LogP contribution in [0.5, 0.6) is 0 Å².